The van der Waals surface area contributed by atoms with Gasteiger partial charge in [0.25, 0.3) is 0 Å². The van der Waals surface area contributed by atoms with Crippen LogP contribution in [0.2, 0.25) is 0 Å². The number of piperidine rings is 1. The molecule has 1 aromatic rings. The van der Waals surface area contributed by atoms with Gasteiger partial charge in [0.2, 0.25) is 11.8 Å². The van der Waals surface area contributed by atoms with Gasteiger partial charge >= 0.3 is 0 Å². The molecule has 2 rings (SSSR count). The van der Waals surface area contributed by atoms with Crippen molar-refractivity contribution in [3.63, 3.8) is 0 Å². The number of hydrogen-bond donors (Lipinski definition) is 1. The maximum absolute atomic E-state index is 12.5. The van der Waals surface area contributed by atoms with E-state index in [4.69, 9.17) is 0 Å². The number of likely N-dealkylation sites (tertiary alicyclic amines) is 1. The third kappa shape index (κ3) is 5.27. The first kappa shape index (κ1) is 17.9. The molecule has 2 amide bonds. The van der Waals surface area contributed by atoms with Crippen LogP contribution in [0.4, 0.5) is 5.69 Å². The fourth-order valence-electron chi connectivity index (χ4n) is 2.76. The predicted molar refractivity (Wildman–Crippen MR) is 96.8 cm³/mol. The lowest BCUT2D eigenvalue weighted by atomic mass is 10.0. The highest BCUT2D eigenvalue weighted by atomic mass is 32.2. The highest BCUT2D eigenvalue weighted by Crippen LogP contribution is 2.21. The molecule has 1 fully saturated rings. The van der Waals surface area contributed by atoms with E-state index in [9.17, 15) is 9.59 Å². The van der Waals surface area contributed by atoms with E-state index < -0.39 is 0 Å². The Bertz CT molecular complexity index is 544. The molecule has 126 valence electrons. The van der Waals surface area contributed by atoms with E-state index >= 15 is 0 Å². The average Bonchev–Trinajstić information content (AvgIpc) is 2.54. The standard InChI is InChI=1S/C18H26N2O2S/c1-13-7-9-16(10-8-13)19-17(21)12-23-15(3)18(22)20-11-5-4-6-14(20)2/h7-10,14-15H,4-6,11-12H2,1-3H3,(H,19,21). The molecule has 0 bridgehead atoms. The van der Waals surface area contributed by atoms with Crippen molar-refractivity contribution >= 4 is 29.3 Å². The average molecular weight is 334 g/mol. The van der Waals surface area contributed by atoms with Crippen LogP contribution in [0.15, 0.2) is 24.3 Å². The fourth-order valence-corrected chi connectivity index (χ4v) is 3.52. The van der Waals surface area contributed by atoms with Crippen molar-refractivity contribution in [3.8, 4) is 0 Å². The van der Waals surface area contributed by atoms with E-state index in [1.54, 1.807) is 0 Å². The number of benzene rings is 1. The summed E-state index contributed by atoms with van der Waals surface area (Å²) < 4.78 is 0. The molecule has 1 saturated heterocycles. The molecule has 23 heavy (non-hydrogen) atoms. The monoisotopic (exact) mass is 334 g/mol. The SMILES string of the molecule is Cc1ccc(NC(=O)CSC(C)C(=O)N2CCCCC2C)cc1. The molecule has 0 aliphatic carbocycles. The van der Waals surface area contributed by atoms with Crippen LogP contribution in [0.25, 0.3) is 0 Å². The first-order chi connectivity index (χ1) is 11.0. The number of nitrogens with one attached hydrogen (secondary N) is 1. The predicted octanol–water partition coefficient (Wildman–Crippen LogP) is 3.46. The lowest BCUT2D eigenvalue weighted by Gasteiger charge is -2.35. The summed E-state index contributed by atoms with van der Waals surface area (Å²) in [5, 5.41) is 2.69. The summed E-state index contributed by atoms with van der Waals surface area (Å²) in [5.41, 5.74) is 1.96. The largest absolute Gasteiger partial charge is 0.339 e. The molecule has 2 unspecified atom stereocenters. The highest BCUT2D eigenvalue weighted by molar-refractivity contribution is 8.01. The van der Waals surface area contributed by atoms with E-state index in [1.165, 1.54) is 18.2 Å². The third-order valence-electron chi connectivity index (χ3n) is 4.23. The van der Waals surface area contributed by atoms with Gasteiger partial charge in [0, 0.05) is 18.3 Å². The summed E-state index contributed by atoms with van der Waals surface area (Å²) in [4.78, 5) is 26.5. The maximum atomic E-state index is 12.5. The van der Waals surface area contributed by atoms with E-state index in [0.29, 0.717) is 11.8 Å². The Hall–Kier alpha value is -1.49. The second kappa shape index (κ2) is 8.39. The number of amides is 2. The van der Waals surface area contributed by atoms with Gasteiger partial charge in [-0.15, -0.1) is 11.8 Å². The summed E-state index contributed by atoms with van der Waals surface area (Å²) in [6.45, 7) is 6.86. The van der Waals surface area contributed by atoms with Gasteiger partial charge in [-0.25, -0.2) is 0 Å². The van der Waals surface area contributed by atoms with Crippen molar-refractivity contribution in [2.24, 2.45) is 0 Å². The molecular formula is C18H26N2O2S. The molecule has 1 aliphatic rings. The zero-order chi connectivity index (χ0) is 16.8. The first-order valence-corrected chi connectivity index (χ1v) is 9.31. The molecule has 1 aliphatic heterocycles. The van der Waals surface area contributed by atoms with Gasteiger partial charge in [0.1, 0.15) is 0 Å². The molecule has 4 nitrogen and oxygen atoms in total. The Morgan fingerprint density at radius 1 is 1.30 bits per heavy atom. The molecular weight excluding hydrogens is 308 g/mol. The van der Waals surface area contributed by atoms with Gasteiger partial charge in [-0.3, -0.25) is 9.59 Å². The number of carbonyl (C=O) groups excluding carboxylic acids is 2. The number of aryl methyl sites for hydroxylation is 1. The van der Waals surface area contributed by atoms with E-state index in [0.717, 1.165) is 30.6 Å². The van der Waals surface area contributed by atoms with Crippen LogP contribution in [0.1, 0.15) is 38.7 Å². The van der Waals surface area contributed by atoms with Crippen molar-refractivity contribution in [3.05, 3.63) is 29.8 Å². The molecule has 2 atom stereocenters. The van der Waals surface area contributed by atoms with Gasteiger partial charge in [-0.05, 0) is 52.2 Å². The summed E-state index contributed by atoms with van der Waals surface area (Å²) in [6, 6.07) is 8.03. The molecule has 0 aromatic heterocycles. The molecule has 5 heteroatoms. The second-order valence-electron chi connectivity index (χ2n) is 6.24. The Kier molecular flexibility index (Phi) is 6.51. The topological polar surface area (TPSA) is 49.4 Å². The Labute approximate surface area is 143 Å². The molecule has 0 radical (unpaired) electrons. The lowest BCUT2D eigenvalue weighted by Crippen LogP contribution is -2.45. The van der Waals surface area contributed by atoms with E-state index in [2.05, 4.69) is 12.2 Å². The number of rotatable bonds is 5. The van der Waals surface area contributed by atoms with Crippen LogP contribution >= 0.6 is 11.8 Å². The van der Waals surface area contributed by atoms with Gasteiger partial charge in [0.05, 0.1) is 11.0 Å². The first-order valence-electron chi connectivity index (χ1n) is 8.26. The summed E-state index contributed by atoms with van der Waals surface area (Å²) in [7, 11) is 0. The minimum absolute atomic E-state index is 0.0646. The fraction of sp³-hybridized carbons (Fsp3) is 0.556. The second-order valence-corrected chi connectivity index (χ2v) is 7.57. The molecule has 0 saturated carbocycles. The molecule has 1 aromatic carbocycles. The van der Waals surface area contributed by atoms with Crippen LogP contribution in [0.3, 0.4) is 0 Å². The van der Waals surface area contributed by atoms with E-state index in [1.807, 2.05) is 43.0 Å². The molecule has 1 heterocycles. The summed E-state index contributed by atoms with van der Waals surface area (Å²) in [5.74, 6) is 0.388. The van der Waals surface area contributed by atoms with Crippen LogP contribution in [-0.2, 0) is 9.59 Å². The minimum atomic E-state index is -0.181. The Morgan fingerprint density at radius 2 is 2.00 bits per heavy atom. The van der Waals surface area contributed by atoms with Gasteiger partial charge in [0.15, 0.2) is 0 Å². The van der Waals surface area contributed by atoms with Crippen LogP contribution in [-0.4, -0.2) is 40.3 Å². The van der Waals surface area contributed by atoms with Crippen LogP contribution in [0, 0.1) is 6.92 Å². The van der Waals surface area contributed by atoms with Gasteiger partial charge in [-0.1, -0.05) is 17.7 Å². The van der Waals surface area contributed by atoms with Crippen molar-refractivity contribution in [2.75, 3.05) is 17.6 Å². The van der Waals surface area contributed by atoms with Crippen LogP contribution < -0.4 is 5.32 Å². The number of anilines is 1. The highest BCUT2D eigenvalue weighted by Gasteiger charge is 2.27. The van der Waals surface area contributed by atoms with Crippen LogP contribution in [0.5, 0.6) is 0 Å². The molecule has 0 spiro atoms. The zero-order valence-corrected chi connectivity index (χ0v) is 15.0. The Morgan fingerprint density at radius 3 is 2.65 bits per heavy atom. The van der Waals surface area contributed by atoms with Crippen molar-refractivity contribution in [1.29, 1.82) is 0 Å². The van der Waals surface area contributed by atoms with E-state index in [-0.39, 0.29) is 17.1 Å². The van der Waals surface area contributed by atoms with Gasteiger partial charge in [-0.2, -0.15) is 0 Å². The maximum Gasteiger partial charge on any atom is 0.235 e. The Balaban J connectivity index is 1.78. The summed E-state index contributed by atoms with van der Waals surface area (Å²) >= 11 is 1.41. The minimum Gasteiger partial charge on any atom is -0.339 e. The van der Waals surface area contributed by atoms with Gasteiger partial charge < -0.3 is 10.2 Å². The zero-order valence-electron chi connectivity index (χ0n) is 14.2. The number of hydrogen-bond acceptors (Lipinski definition) is 3. The number of nitrogens with zero attached hydrogens (tertiary/aromatic N) is 1. The lowest BCUT2D eigenvalue weighted by molar-refractivity contribution is -0.133. The number of thioether (sulfide) groups is 1. The molecule has 1 N–H and O–H groups in total. The van der Waals surface area contributed by atoms with Crippen molar-refractivity contribution in [2.45, 2.75) is 51.3 Å². The number of carbonyl (C=O) groups is 2. The van der Waals surface area contributed by atoms with Crippen molar-refractivity contribution in [1.82, 2.24) is 4.90 Å². The smallest absolute Gasteiger partial charge is 0.235 e. The normalized spacial score (nSPS) is 19.3. The quantitative estimate of drug-likeness (QED) is 0.897. The van der Waals surface area contributed by atoms with Crippen molar-refractivity contribution < 1.29 is 9.59 Å². The summed E-state index contributed by atoms with van der Waals surface area (Å²) in [6.07, 6.45) is 3.36. The third-order valence-corrected chi connectivity index (χ3v) is 5.36.